The highest BCUT2D eigenvalue weighted by Crippen LogP contribution is 2.22. The summed E-state index contributed by atoms with van der Waals surface area (Å²) in [6.07, 6.45) is 6.75. The Balaban J connectivity index is 1.71. The van der Waals surface area contributed by atoms with Gasteiger partial charge in [0, 0.05) is 25.3 Å². The third-order valence-electron chi connectivity index (χ3n) is 4.38. The molecule has 0 spiro atoms. The van der Waals surface area contributed by atoms with Crippen molar-refractivity contribution < 1.29 is 14.3 Å². The number of rotatable bonds is 4. The third kappa shape index (κ3) is 3.54. The first-order valence-electron chi connectivity index (χ1n) is 8.32. The molecule has 1 aliphatic rings. The van der Waals surface area contributed by atoms with E-state index in [1.54, 1.807) is 28.3 Å². The molecule has 0 aliphatic carbocycles. The van der Waals surface area contributed by atoms with Crippen molar-refractivity contribution in [2.24, 2.45) is 0 Å². The van der Waals surface area contributed by atoms with Crippen LogP contribution < -0.4 is 0 Å². The molecule has 1 fully saturated rings. The second kappa shape index (κ2) is 7.04. The standard InChI is InChI=1S/C16H22N6O3/c1-11(2)21-8-13(17-10-21)15(23)20-6-4-5-12(7-20)22-9-14(18-19-22)16(24)25-3/h8-12H,4-7H2,1-3H3. The number of carbonyl (C=O) groups is 2. The maximum atomic E-state index is 12.7. The zero-order valence-corrected chi connectivity index (χ0v) is 14.6. The number of piperidine rings is 1. The summed E-state index contributed by atoms with van der Waals surface area (Å²) in [4.78, 5) is 30.2. The Labute approximate surface area is 145 Å². The highest BCUT2D eigenvalue weighted by molar-refractivity contribution is 5.92. The molecule has 0 radical (unpaired) electrons. The van der Waals surface area contributed by atoms with Crippen molar-refractivity contribution in [3.05, 3.63) is 30.1 Å². The van der Waals surface area contributed by atoms with Crippen molar-refractivity contribution in [1.29, 1.82) is 0 Å². The first-order chi connectivity index (χ1) is 12.0. The molecule has 2 aromatic rings. The Hall–Kier alpha value is -2.71. The number of ether oxygens (including phenoxy) is 1. The fourth-order valence-electron chi connectivity index (χ4n) is 2.90. The quantitative estimate of drug-likeness (QED) is 0.775. The summed E-state index contributed by atoms with van der Waals surface area (Å²) < 4.78 is 8.19. The van der Waals surface area contributed by atoms with Crippen LogP contribution in [0.5, 0.6) is 0 Å². The van der Waals surface area contributed by atoms with Crippen LogP contribution in [0.25, 0.3) is 0 Å². The molecule has 1 saturated heterocycles. The van der Waals surface area contributed by atoms with Crippen molar-refractivity contribution in [2.45, 2.75) is 38.8 Å². The van der Waals surface area contributed by atoms with E-state index in [-0.39, 0.29) is 23.7 Å². The minimum Gasteiger partial charge on any atom is -0.464 e. The fraction of sp³-hybridized carbons (Fsp3) is 0.562. The number of methoxy groups -OCH3 is 1. The molecule has 0 bridgehead atoms. The van der Waals surface area contributed by atoms with E-state index in [4.69, 9.17) is 0 Å². The topological polar surface area (TPSA) is 95.1 Å². The molecule has 1 unspecified atom stereocenters. The van der Waals surface area contributed by atoms with E-state index in [9.17, 15) is 9.59 Å². The van der Waals surface area contributed by atoms with Crippen LogP contribution in [0.15, 0.2) is 18.7 Å². The third-order valence-corrected chi connectivity index (χ3v) is 4.38. The molecule has 1 aliphatic heterocycles. The van der Waals surface area contributed by atoms with Gasteiger partial charge in [-0.15, -0.1) is 5.10 Å². The predicted molar refractivity (Wildman–Crippen MR) is 88.1 cm³/mol. The summed E-state index contributed by atoms with van der Waals surface area (Å²) in [5.41, 5.74) is 0.616. The van der Waals surface area contributed by atoms with Gasteiger partial charge in [0.15, 0.2) is 5.69 Å². The van der Waals surface area contributed by atoms with Gasteiger partial charge in [0.25, 0.3) is 5.91 Å². The Morgan fingerprint density at radius 2 is 2.08 bits per heavy atom. The lowest BCUT2D eigenvalue weighted by molar-refractivity contribution is 0.0592. The molecule has 3 heterocycles. The van der Waals surface area contributed by atoms with Gasteiger partial charge in [-0.25, -0.2) is 14.5 Å². The number of carbonyl (C=O) groups excluding carboxylic acids is 2. The smallest absolute Gasteiger partial charge is 0.360 e. The zero-order valence-electron chi connectivity index (χ0n) is 14.6. The summed E-state index contributed by atoms with van der Waals surface area (Å²) >= 11 is 0. The highest BCUT2D eigenvalue weighted by Gasteiger charge is 2.28. The maximum absolute atomic E-state index is 12.7. The van der Waals surface area contributed by atoms with Gasteiger partial charge < -0.3 is 14.2 Å². The Kier molecular flexibility index (Phi) is 4.82. The number of amides is 1. The van der Waals surface area contributed by atoms with Crippen molar-refractivity contribution in [3.8, 4) is 0 Å². The largest absolute Gasteiger partial charge is 0.464 e. The molecule has 1 amide bonds. The minimum atomic E-state index is -0.519. The van der Waals surface area contributed by atoms with Crippen LogP contribution in [0.3, 0.4) is 0 Å². The van der Waals surface area contributed by atoms with Gasteiger partial charge >= 0.3 is 5.97 Å². The molecule has 0 N–H and O–H groups in total. The predicted octanol–water partition coefficient (Wildman–Crippen LogP) is 1.32. The van der Waals surface area contributed by atoms with Gasteiger partial charge in [0.05, 0.1) is 25.7 Å². The summed E-state index contributed by atoms with van der Waals surface area (Å²) in [7, 11) is 1.30. The molecule has 0 aromatic carbocycles. The van der Waals surface area contributed by atoms with Gasteiger partial charge in [-0.1, -0.05) is 5.21 Å². The fourth-order valence-corrected chi connectivity index (χ4v) is 2.90. The van der Waals surface area contributed by atoms with Crippen LogP contribution in [0.1, 0.15) is 59.7 Å². The number of hydrogen-bond acceptors (Lipinski definition) is 6. The van der Waals surface area contributed by atoms with Gasteiger partial charge in [0.2, 0.25) is 0 Å². The second-order valence-electron chi connectivity index (χ2n) is 6.42. The molecule has 0 saturated carbocycles. The van der Waals surface area contributed by atoms with E-state index in [1.165, 1.54) is 7.11 Å². The number of nitrogens with zero attached hydrogens (tertiary/aromatic N) is 6. The number of aromatic nitrogens is 5. The number of likely N-dealkylation sites (tertiary alicyclic amines) is 1. The SMILES string of the molecule is COC(=O)c1cn(C2CCCN(C(=O)c3cn(C(C)C)cn3)C2)nn1. The summed E-state index contributed by atoms with van der Waals surface area (Å²) in [5, 5.41) is 7.84. The lowest BCUT2D eigenvalue weighted by Crippen LogP contribution is -2.41. The first-order valence-corrected chi connectivity index (χ1v) is 8.32. The molecule has 25 heavy (non-hydrogen) atoms. The van der Waals surface area contributed by atoms with E-state index in [1.807, 2.05) is 18.4 Å². The van der Waals surface area contributed by atoms with E-state index < -0.39 is 5.97 Å². The number of imidazole rings is 1. The van der Waals surface area contributed by atoms with Gasteiger partial charge in [-0.2, -0.15) is 0 Å². The summed E-state index contributed by atoms with van der Waals surface area (Å²) in [5.74, 6) is -0.605. The normalized spacial score (nSPS) is 17.8. The van der Waals surface area contributed by atoms with Crippen molar-refractivity contribution in [3.63, 3.8) is 0 Å². The van der Waals surface area contributed by atoms with Crippen molar-refractivity contribution >= 4 is 11.9 Å². The molecule has 9 heteroatoms. The highest BCUT2D eigenvalue weighted by atomic mass is 16.5. The van der Waals surface area contributed by atoms with Crippen LogP contribution in [0.2, 0.25) is 0 Å². The number of esters is 1. The monoisotopic (exact) mass is 346 g/mol. The minimum absolute atomic E-state index is 0.0178. The molecule has 134 valence electrons. The molecule has 1 atom stereocenters. The average molecular weight is 346 g/mol. The number of hydrogen-bond donors (Lipinski definition) is 0. The molecular weight excluding hydrogens is 324 g/mol. The summed E-state index contributed by atoms with van der Waals surface area (Å²) in [6, 6.07) is 0.242. The lowest BCUT2D eigenvalue weighted by Gasteiger charge is -2.32. The molecule has 9 nitrogen and oxygen atoms in total. The van der Waals surface area contributed by atoms with E-state index >= 15 is 0 Å². The zero-order chi connectivity index (χ0) is 18.0. The van der Waals surface area contributed by atoms with Crippen molar-refractivity contribution in [1.82, 2.24) is 29.4 Å². The first kappa shape index (κ1) is 17.1. The Morgan fingerprint density at radius 3 is 2.76 bits per heavy atom. The van der Waals surface area contributed by atoms with E-state index in [0.29, 0.717) is 18.8 Å². The molecular formula is C16H22N6O3. The van der Waals surface area contributed by atoms with Gasteiger partial charge in [-0.3, -0.25) is 4.79 Å². The average Bonchev–Trinajstić information content (AvgIpc) is 3.30. The lowest BCUT2D eigenvalue weighted by atomic mass is 10.1. The van der Waals surface area contributed by atoms with E-state index in [0.717, 1.165) is 12.8 Å². The van der Waals surface area contributed by atoms with Crippen LogP contribution in [-0.4, -0.2) is 61.5 Å². The molecule has 3 rings (SSSR count). The van der Waals surface area contributed by atoms with Crippen LogP contribution in [0.4, 0.5) is 0 Å². The summed E-state index contributed by atoms with van der Waals surface area (Å²) in [6.45, 7) is 5.27. The van der Waals surface area contributed by atoms with E-state index in [2.05, 4.69) is 20.0 Å². The Bertz CT molecular complexity index is 766. The van der Waals surface area contributed by atoms with Crippen LogP contribution >= 0.6 is 0 Å². The maximum Gasteiger partial charge on any atom is 0.360 e. The van der Waals surface area contributed by atoms with Gasteiger partial charge in [0.1, 0.15) is 5.69 Å². The Morgan fingerprint density at radius 1 is 1.28 bits per heavy atom. The van der Waals surface area contributed by atoms with Crippen LogP contribution in [-0.2, 0) is 4.74 Å². The second-order valence-corrected chi connectivity index (χ2v) is 6.42. The van der Waals surface area contributed by atoms with Crippen molar-refractivity contribution in [2.75, 3.05) is 20.2 Å². The molecule has 2 aromatic heterocycles. The van der Waals surface area contributed by atoms with Gasteiger partial charge in [-0.05, 0) is 26.7 Å². The van der Waals surface area contributed by atoms with Crippen LogP contribution in [0, 0.1) is 0 Å².